The molecule has 0 radical (unpaired) electrons. The Bertz CT molecular complexity index is 1350. The second-order valence-electron chi connectivity index (χ2n) is 8.31. The highest BCUT2D eigenvalue weighted by atomic mass is 19.1. The van der Waals surface area contributed by atoms with Crippen LogP contribution in [-0.2, 0) is 0 Å². The van der Waals surface area contributed by atoms with E-state index in [4.69, 9.17) is 0 Å². The van der Waals surface area contributed by atoms with Gasteiger partial charge in [-0.15, -0.1) is 0 Å². The van der Waals surface area contributed by atoms with Gasteiger partial charge >= 0.3 is 0 Å². The highest BCUT2D eigenvalue weighted by Crippen LogP contribution is 2.26. The number of nitrogens with one attached hydrogen (secondary N) is 2. The molecule has 168 valence electrons. The molecule has 2 aliphatic heterocycles. The molecule has 1 aromatic carbocycles. The summed E-state index contributed by atoms with van der Waals surface area (Å²) in [6, 6.07) is 8.68. The molecule has 33 heavy (non-hydrogen) atoms. The van der Waals surface area contributed by atoms with Gasteiger partial charge in [0.2, 0.25) is 0 Å². The van der Waals surface area contributed by atoms with Gasteiger partial charge in [-0.05, 0) is 54.0 Å². The minimum absolute atomic E-state index is 0.0240. The molecule has 0 atom stereocenters. The number of pyridine rings is 1. The molecule has 2 N–H and O–H groups in total. The van der Waals surface area contributed by atoms with Crippen LogP contribution < -0.4 is 10.7 Å². The summed E-state index contributed by atoms with van der Waals surface area (Å²) in [4.78, 5) is 18.9. The van der Waals surface area contributed by atoms with Crippen molar-refractivity contribution in [2.75, 3.05) is 27.2 Å². The third kappa shape index (κ3) is 3.89. The van der Waals surface area contributed by atoms with Crippen LogP contribution in [0.4, 0.5) is 4.39 Å². The van der Waals surface area contributed by atoms with E-state index in [1.165, 1.54) is 17.0 Å². The molecular weight excluding hydrogens is 419 g/mol. The molecular formula is C25H25FN6O. The van der Waals surface area contributed by atoms with Crippen molar-refractivity contribution in [3.05, 3.63) is 89.4 Å². The van der Waals surface area contributed by atoms with Crippen LogP contribution in [0.25, 0.3) is 22.5 Å². The first-order chi connectivity index (χ1) is 15.9. The minimum atomic E-state index is -0.566. The highest BCUT2D eigenvalue weighted by molar-refractivity contribution is 5.96. The summed E-state index contributed by atoms with van der Waals surface area (Å²) in [7, 11) is 3.60. The summed E-state index contributed by atoms with van der Waals surface area (Å²) >= 11 is 0. The number of hydrogen-bond acceptors (Lipinski definition) is 5. The van der Waals surface area contributed by atoms with Crippen LogP contribution in [-0.4, -0.2) is 52.4 Å². The van der Waals surface area contributed by atoms with Crippen molar-refractivity contribution in [1.82, 2.24) is 30.0 Å². The number of rotatable bonds is 4. The fourth-order valence-electron chi connectivity index (χ4n) is 4.09. The summed E-state index contributed by atoms with van der Waals surface area (Å²) in [6.45, 7) is 3.34. The van der Waals surface area contributed by atoms with Crippen molar-refractivity contribution in [2.45, 2.75) is 6.92 Å². The van der Waals surface area contributed by atoms with Crippen molar-refractivity contribution in [2.24, 2.45) is 0 Å². The number of benzene rings is 1. The van der Waals surface area contributed by atoms with Gasteiger partial charge in [0.15, 0.2) is 0 Å². The molecule has 4 heterocycles. The van der Waals surface area contributed by atoms with Crippen LogP contribution in [0.1, 0.15) is 22.8 Å². The fraction of sp³-hybridized carbons (Fsp3) is 0.200. The molecule has 2 aliphatic rings. The van der Waals surface area contributed by atoms with Crippen LogP contribution in [0.3, 0.4) is 0 Å². The lowest BCUT2D eigenvalue weighted by Crippen LogP contribution is -2.35. The Morgan fingerprint density at radius 3 is 2.76 bits per heavy atom. The van der Waals surface area contributed by atoms with E-state index in [0.29, 0.717) is 17.9 Å². The van der Waals surface area contributed by atoms with Gasteiger partial charge in [-0.2, -0.15) is 0 Å². The van der Waals surface area contributed by atoms with E-state index >= 15 is 4.39 Å². The molecule has 0 saturated heterocycles. The van der Waals surface area contributed by atoms with Crippen LogP contribution in [0.5, 0.6) is 0 Å². The summed E-state index contributed by atoms with van der Waals surface area (Å²) in [5.74, 6) is -0.319. The van der Waals surface area contributed by atoms with E-state index in [2.05, 4.69) is 15.7 Å². The zero-order valence-corrected chi connectivity index (χ0v) is 18.8. The lowest BCUT2D eigenvalue weighted by molar-refractivity contribution is 0.0823. The molecule has 0 unspecified atom stereocenters. The molecule has 0 fully saturated rings. The lowest BCUT2D eigenvalue weighted by atomic mass is 10.1. The second-order valence-corrected chi connectivity index (χ2v) is 8.31. The van der Waals surface area contributed by atoms with Gasteiger partial charge in [0.05, 0.1) is 17.5 Å². The quantitative estimate of drug-likeness (QED) is 0.646. The number of hydrogen-bond donors (Lipinski definition) is 2. The first-order valence-electron chi connectivity index (χ1n) is 10.8. The van der Waals surface area contributed by atoms with Crippen LogP contribution >= 0.6 is 0 Å². The van der Waals surface area contributed by atoms with Crippen LogP contribution in [0.2, 0.25) is 0 Å². The van der Waals surface area contributed by atoms with Gasteiger partial charge in [0, 0.05) is 45.1 Å². The Morgan fingerprint density at radius 1 is 1.21 bits per heavy atom. The molecule has 7 nitrogen and oxygen atoms in total. The normalized spacial score (nSPS) is 15.8. The van der Waals surface area contributed by atoms with Crippen LogP contribution in [0.15, 0.2) is 72.5 Å². The molecule has 1 amide bonds. The monoisotopic (exact) mass is 444 g/mol. The number of aromatic nitrogens is 2. The molecule has 3 aromatic rings. The molecule has 5 rings (SSSR count). The molecule has 0 bridgehead atoms. The van der Waals surface area contributed by atoms with Gasteiger partial charge in [-0.3, -0.25) is 14.1 Å². The number of carbonyl (C=O) groups is 1. The van der Waals surface area contributed by atoms with Crippen LogP contribution in [0, 0.1) is 5.82 Å². The number of amides is 1. The van der Waals surface area contributed by atoms with E-state index in [1.807, 2.05) is 60.1 Å². The maximum absolute atomic E-state index is 15.1. The number of hydrazine groups is 1. The Hall–Kier alpha value is -3.91. The Kier molecular flexibility index (Phi) is 5.22. The first-order valence-corrected chi connectivity index (χ1v) is 10.8. The molecule has 2 aromatic heterocycles. The average molecular weight is 445 g/mol. The third-order valence-electron chi connectivity index (χ3n) is 5.98. The standard InChI is InChI=1S/C25H25FN6O/c1-16-8-9-27-24(10-16)31(3)25(33)20-6-4-17(11-21(20)26)22-13-28-23-7-5-18(15-32(22)23)19-12-29-30(2)14-19/h4-8,10-11,13-15,27,29H,9,12H2,1-3H3. The zero-order valence-electron chi connectivity index (χ0n) is 18.8. The smallest absolute Gasteiger partial charge is 0.262 e. The predicted molar refractivity (Wildman–Crippen MR) is 126 cm³/mol. The average Bonchev–Trinajstić information content (AvgIpc) is 3.44. The second kappa shape index (κ2) is 8.22. The van der Waals surface area contributed by atoms with Gasteiger partial charge < -0.3 is 10.3 Å². The van der Waals surface area contributed by atoms with Gasteiger partial charge in [-0.25, -0.2) is 14.8 Å². The Morgan fingerprint density at radius 2 is 2.03 bits per heavy atom. The van der Waals surface area contributed by atoms with Gasteiger partial charge in [0.25, 0.3) is 5.91 Å². The first kappa shape index (κ1) is 21.0. The molecule has 0 aliphatic carbocycles. The molecule has 0 saturated carbocycles. The largest absolute Gasteiger partial charge is 0.368 e. The van der Waals surface area contributed by atoms with Crippen molar-refractivity contribution >= 4 is 17.1 Å². The summed E-state index contributed by atoms with van der Waals surface area (Å²) in [6.07, 6.45) is 9.67. The van der Waals surface area contributed by atoms with Crippen molar-refractivity contribution in [3.63, 3.8) is 0 Å². The number of imidazole rings is 1. The van der Waals surface area contributed by atoms with Crippen molar-refractivity contribution in [3.8, 4) is 11.3 Å². The topological polar surface area (TPSA) is 64.9 Å². The third-order valence-corrected chi connectivity index (χ3v) is 5.98. The molecule has 0 spiro atoms. The van der Waals surface area contributed by atoms with E-state index in [1.54, 1.807) is 19.3 Å². The SMILES string of the molecule is CC1=CCNC(N(C)C(=O)c2ccc(-c3cnc4ccc(C5=CN(C)NC5)cn34)cc2F)=C1. The number of halogens is 1. The predicted octanol–water partition coefficient (Wildman–Crippen LogP) is 3.39. The van der Waals surface area contributed by atoms with E-state index in [0.717, 1.165) is 34.6 Å². The number of dihydropyridines is 1. The molecule has 8 heteroatoms. The van der Waals surface area contributed by atoms with Gasteiger partial charge in [-0.1, -0.05) is 12.1 Å². The summed E-state index contributed by atoms with van der Waals surface area (Å²) in [5, 5.41) is 5.07. The number of carbonyl (C=O) groups excluding carboxylic acids is 1. The number of nitrogens with zero attached hydrogens (tertiary/aromatic N) is 4. The maximum Gasteiger partial charge on any atom is 0.262 e. The Balaban J connectivity index is 1.46. The van der Waals surface area contributed by atoms with Gasteiger partial charge in [0.1, 0.15) is 17.3 Å². The number of allylic oxidation sites excluding steroid dienone is 2. The summed E-state index contributed by atoms with van der Waals surface area (Å²) in [5.41, 5.74) is 8.72. The van der Waals surface area contributed by atoms with E-state index in [-0.39, 0.29) is 5.56 Å². The fourth-order valence-corrected chi connectivity index (χ4v) is 4.09. The Labute approximate surface area is 191 Å². The van der Waals surface area contributed by atoms with E-state index < -0.39 is 11.7 Å². The number of fused-ring (bicyclic) bond motifs is 1. The lowest BCUT2D eigenvalue weighted by Gasteiger charge is -2.24. The maximum atomic E-state index is 15.1. The summed E-state index contributed by atoms with van der Waals surface area (Å²) < 4.78 is 17.1. The van der Waals surface area contributed by atoms with Crippen molar-refractivity contribution in [1.29, 1.82) is 0 Å². The van der Waals surface area contributed by atoms with Crippen molar-refractivity contribution < 1.29 is 9.18 Å². The minimum Gasteiger partial charge on any atom is -0.368 e. The van der Waals surface area contributed by atoms with E-state index in [9.17, 15) is 4.79 Å². The highest BCUT2D eigenvalue weighted by Gasteiger charge is 2.21. The zero-order chi connectivity index (χ0) is 23.1.